The number of H-pyrrole nitrogens is 1. The van der Waals surface area contributed by atoms with Crippen molar-refractivity contribution >= 4 is 11.0 Å². The van der Waals surface area contributed by atoms with Crippen LogP contribution in [-0.2, 0) is 6.54 Å². The van der Waals surface area contributed by atoms with Crippen molar-refractivity contribution in [1.82, 2.24) is 14.5 Å². The summed E-state index contributed by atoms with van der Waals surface area (Å²) >= 11 is 0. The predicted octanol–water partition coefficient (Wildman–Crippen LogP) is 1.57. The molecule has 1 saturated heterocycles. The third-order valence-corrected chi connectivity index (χ3v) is 4.47. The molecule has 0 radical (unpaired) electrons. The van der Waals surface area contributed by atoms with Crippen LogP contribution in [0.5, 0.6) is 0 Å². The van der Waals surface area contributed by atoms with Gasteiger partial charge in [0.1, 0.15) is 0 Å². The number of aromatic amines is 1. The van der Waals surface area contributed by atoms with Gasteiger partial charge in [-0.3, -0.25) is 9.47 Å². The Morgan fingerprint density at radius 3 is 2.95 bits per heavy atom. The average Bonchev–Trinajstić information content (AvgIpc) is 2.84. The maximum Gasteiger partial charge on any atom is 0.326 e. The van der Waals surface area contributed by atoms with Crippen LogP contribution >= 0.6 is 0 Å². The van der Waals surface area contributed by atoms with Gasteiger partial charge in [-0.15, -0.1) is 0 Å². The summed E-state index contributed by atoms with van der Waals surface area (Å²) in [5.74, 6) is 0. The topological polar surface area (TPSA) is 61.3 Å². The Morgan fingerprint density at radius 1 is 1.24 bits per heavy atom. The van der Waals surface area contributed by atoms with Crippen molar-refractivity contribution in [2.24, 2.45) is 0 Å². The van der Waals surface area contributed by atoms with Gasteiger partial charge in [-0.1, -0.05) is 18.6 Å². The SMILES string of the molecule is O=c1[nH]c2ccccc2n1CCCN1CCCCC1CO. The van der Waals surface area contributed by atoms with Gasteiger partial charge in [-0.05, 0) is 37.9 Å². The van der Waals surface area contributed by atoms with Gasteiger partial charge in [0.15, 0.2) is 0 Å². The molecule has 0 spiro atoms. The van der Waals surface area contributed by atoms with Crippen molar-refractivity contribution in [2.45, 2.75) is 38.3 Å². The molecule has 1 fully saturated rings. The fourth-order valence-electron chi connectivity index (χ4n) is 3.32. The maximum atomic E-state index is 12.0. The first-order chi connectivity index (χ1) is 10.3. The van der Waals surface area contributed by atoms with Crippen LogP contribution in [0.4, 0.5) is 0 Å². The number of hydrogen-bond donors (Lipinski definition) is 2. The quantitative estimate of drug-likeness (QED) is 0.878. The first-order valence-corrected chi connectivity index (χ1v) is 7.82. The Balaban J connectivity index is 1.64. The number of aryl methyl sites for hydroxylation is 1. The zero-order chi connectivity index (χ0) is 14.7. The van der Waals surface area contributed by atoms with E-state index in [2.05, 4.69) is 9.88 Å². The first kappa shape index (κ1) is 14.4. The van der Waals surface area contributed by atoms with Gasteiger partial charge >= 0.3 is 5.69 Å². The van der Waals surface area contributed by atoms with Gasteiger partial charge < -0.3 is 10.1 Å². The molecule has 0 saturated carbocycles. The lowest BCUT2D eigenvalue weighted by atomic mass is 10.0. The Bertz CT molecular complexity index is 646. The number of benzene rings is 1. The highest BCUT2D eigenvalue weighted by molar-refractivity contribution is 5.74. The fraction of sp³-hybridized carbons (Fsp3) is 0.562. The van der Waals surface area contributed by atoms with Crippen LogP contribution in [0.15, 0.2) is 29.1 Å². The number of para-hydroxylation sites is 2. The minimum atomic E-state index is -0.0337. The van der Waals surface area contributed by atoms with Crippen molar-refractivity contribution < 1.29 is 5.11 Å². The van der Waals surface area contributed by atoms with E-state index in [0.29, 0.717) is 6.04 Å². The second-order valence-electron chi connectivity index (χ2n) is 5.82. The van der Waals surface area contributed by atoms with E-state index in [-0.39, 0.29) is 12.3 Å². The van der Waals surface area contributed by atoms with E-state index in [9.17, 15) is 9.90 Å². The van der Waals surface area contributed by atoms with E-state index in [0.717, 1.165) is 43.5 Å². The Hall–Kier alpha value is -1.59. The third kappa shape index (κ3) is 3.04. The van der Waals surface area contributed by atoms with E-state index in [1.54, 1.807) is 0 Å². The maximum absolute atomic E-state index is 12.0. The van der Waals surface area contributed by atoms with Crippen LogP contribution in [0, 0.1) is 0 Å². The van der Waals surface area contributed by atoms with Gasteiger partial charge in [0, 0.05) is 19.1 Å². The molecule has 0 amide bonds. The molecular weight excluding hydrogens is 266 g/mol. The number of nitrogens with one attached hydrogen (secondary N) is 1. The second-order valence-corrected chi connectivity index (χ2v) is 5.82. The van der Waals surface area contributed by atoms with Crippen LogP contribution in [0.3, 0.4) is 0 Å². The molecule has 0 aliphatic carbocycles. The van der Waals surface area contributed by atoms with Crippen LogP contribution < -0.4 is 5.69 Å². The summed E-state index contributed by atoms with van der Waals surface area (Å²) in [7, 11) is 0. The molecule has 21 heavy (non-hydrogen) atoms. The number of aliphatic hydroxyl groups is 1. The summed E-state index contributed by atoms with van der Waals surface area (Å²) < 4.78 is 1.81. The highest BCUT2D eigenvalue weighted by Gasteiger charge is 2.20. The molecule has 114 valence electrons. The number of aromatic nitrogens is 2. The summed E-state index contributed by atoms with van der Waals surface area (Å²) in [6.45, 7) is 2.97. The number of nitrogens with zero attached hydrogens (tertiary/aromatic N) is 2. The molecule has 1 aliphatic rings. The lowest BCUT2D eigenvalue weighted by molar-refractivity contribution is 0.0882. The molecule has 5 nitrogen and oxygen atoms in total. The van der Waals surface area contributed by atoms with Gasteiger partial charge in [-0.25, -0.2) is 4.79 Å². The standard InChI is InChI=1S/C16H23N3O2/c20-12-13-6-3-4-9-18(13)10-5-11-19-15-8-2-1-7-14(15)17-16(19)21/h1-2,7-8,13,20H,3-6,9-12H2,(H,17,21). The molecule has 2 heterocycles. The van der Waals surface area contributed by atoms with E-state index in [1.807, 2.05) is 28.8 Å². The number of aliphatic hydroxyl groups excluding tert-OH is 1. The fourth-order valence-corrected chi connectivity index (χ4v) is 3.32. The Kier molecular flexibility index (Phi) is 4.41. The van der Waals surface area contributed by atoms with Crippen molar-refractivity contribution in [3.05, 3.63) is 34.7 Å². The largest absolute Gasteiger partial charge is 0.395 e. The van der Waals surface area contributed by atoms with Gasteiger partial charge in [0.2, 0.25) is 0 Å². The lowest BCUT2D eigenvalue weighted by Gasteiger charge is -2.34. The van der Waals surface area contributed by atoms with Crippen molar-refractivity contribution in [3.8, 4) is 0 Å². The van der Waals surface area contributed by atoms with Gasteiger partial charge in [0.25, 0.3) is 0 Å². The zero-order valence-corrected chi connectivity index (χ0v) is 12.3. The highest BCUT2D eigenvalue weighted by atomic mass is 16.3. The van der Waals surface area contributed by atoms with Crippen LogP contribution in [0.2, 0.25) is 0 Å². The first-order valence-electron chi connectivity index (χ1n) is 7.82. The molecule has 5 heteroatoms. The summed E-state index contributed by atoms with van der Waals surface area (Å²) in [4.78, 5) is 17.2. The molecule has 2 aromatic rings. The van der Waals surface area contributed by atoms with Crippen molar-refractivity contribution in [1.29, 1.82) is 0 Å². The average molecular weight is 289 g/mol. The number of hydrogen-bond acceptors (Lipinski definition) is 3. The number of imidazole rings is 1. The number of fused-ring (bicyclic) bond motifs is 1. The van der Waals surface area contributed by atoms with E-state index >= 15 is 0 Å². The third-order valence-electron chi connectivity index (χ3n) is 4.47. The van der Waals surface area contributed by atoms with Crippen LogP contribution in [-0.4, -0.2) is 45.3 Å². The summed E-state index contributed by atoms with van der Waals surface area (Å²) in [5.41, 5.74) is 1.84. The second kappa shape index (κ2) is 6.45. The van der Waals surface area contributed by atoms with Gasteiger partial charge in [0.05, 0.1) is 17.6 Å². The monoisotopic (exact) mass is 289 g/mol. The van der Waals surface area contributed by atoms with Crippen molar-refractivity contribution in [3.63, 3.8) is 0 Å². The van der Waals surface area contributed by atoms with Crippen LogP contribution in [0.25, 0.3) is 11.0 Å². The minimum absolute atomic E-state index is 0.0337. The molecular formula is C16H23N3O2. The summed E-state index contributed by atoms with van der Waals surface area (Å²) in [5, 5.41) is 9.43. The normalized spacial score (nSPS) is 20.1. The highest BCUT2D eigenvalue weighted by Crippen LogP contribution is 2.17. The molecule has 1 aromatic carbocycles. The lowest BCUT2D eigenvalue weighted by Crippen LogP contribution is -2.42. The molecule has 3 rings (SSSR count). The van der Waals surface area contributed by atoms with Crippen LogP contribution in [0.1, 0.15) is 25.7 Å². The zero-order valence-electron chi connectivity index (χ0n) is 12.3. The number of rotatable bonds is 5. The number of likely N-dealkylation sites (tertiary alicyclic amines) is 1. The van der Waals surface area contributed by atoms with E-state index in [4.69, 9.17) is 0 Å². The molecule has 1 aliphatic heterocycles. The Labute approximate surface area is 124 Å². The summed E-state index contributed by atoms with van der Waals surface area (Å²) in [6, 6.07) is 8.10. The molecule has 2 N–H and O–H groups in total. The van der Waals surface area contributed by atoms with E-state index in [1.165, 1.54) is 12.8 Å². The van der Waals surface area contributed by atoms with Crippen molar-refractivity contribution in [2.75, 3.05) is 19.7 Å². The Morgan fingerprint density at radius 2 is 2.10 bits per heavy atom. The molecule has 1 unspecified atom stereocenters. The number of piperidine rings is 1. The summed E-state index contributed by atoms with van der Waals surface area (Å²) in [6.07, 6.45) is 4.44. The predicted molar refractivity (Wildman–Crippen MR) is 83.5 cm³/mol. The molecule has 1 atom stereocenters. The van der Waals surface area contributed by atoms with E-state index < -0.39 is 0 Å². The molecule has 0 bridgehead atoms. The molecule has 1 aromatic heterocycles. The smallest absolute Gasteiger partial charge is 0.326 e. The van der Waals surface area contributed by atoms with Gasteiger partial charge in [-0.2, -0.15) is 0 Å². The minimum Gasteiger partial charge on any atom is -0.395 e.